The third-order valence-electron chi connectivity index (χ3n) is 0.573. The summed E-state index contributed by atoms with van der Waals surface area (Å²) in [7, 11) is 0. The van der Waals surface area contributed by atoms with Crippen LogP contribution >= 0.6 is 0 Å². The molecule has 1 aliphatic rings. The Labute approximate surface area is 46.5 Å². The zero-order chi connectivity index (χ0) is 7.61. The lowest BCUT2D eigenvalue weighted by atomic mass is 10.8. The fraction of sp³-hybridized carbons (Fsp3) is 0.250. The number of aliphatic imine (C=N–C) groups is 1. The van der Waals surface area contributed by atoms with Crippen LogP contribution in [0.3, 0.4) is 0 Å². The highest BCUT2D eigenvalue weighted by Gasteiger charge is 1.84. The van der Waals surface area contributed by atoms with Gasteiger partial charge in [0.05, 0.1) is 0 Å². The van der Waals surface area contributed by atoms with E-state index in [9.17, 15) is 0 Å². The van der Waals surface area contributed by atoms with Gasteiger partial charge in [0.25, 0.3) is 0 Å². The molecule has 3 heteroatoms. The van der Waals surface area contributed by atoms with Gasteiger partial charge in [-0.3, -0.25) is 10.4 Å². The monoisotopic (exact) mass is 100 g/mol. The van der Waals surface area contributed by atoms with Crippen molar-refractivity contribution in [3.8, 4) is 0 Å². The molecule has 0 amide bonds. The molecular formula is C4H7N3. The first-order valence-corrected chi connectivity index (χ1v) is 1.84. The number of hydrazine groups is 1. The smallest absolute Gasteiger partial charge is 0.107 e. The Bertz CT molecular complexity index is 171. The van der Waals surface area contributed by atoms with Crippen molar-refractivity contribution in [1.82, 2.24) is 10.4 Å². The molecule has 0 saturated heterocycles. The van der Waals surface area contributed by atoms with E-state index in [2.05, 4.69) is 10.4 Å². The van der Waals surface area contributed by atoms with Crippen LogP contribution in [0.25, 0.3) is 0 Å². The Balaban J connectivity index is 2.60. The van der Waals surface area contributed by atoms with Gasteiger partial charge in [-0.15, -0.1) is 0 Å². The maximum atomic E-state index is 6.91. The molecule has 1 aliphatic heterocycles. The highest BCUT2D eigenvalue weighted by atomic mass is 15.5. The molecule has 1 heterocycles. The lowest BCUT2D eigenvalue weighted by Crippen LogP contribution is -2.29. The second-order valence-corrected chi connectivity index (χ2v) is 1.08. The molecule has 1 rings (SSSR count). The van der Waals surface area contributed by atoms with Crippen molar-refractivity contribution in [3.63, 3.8) is 0 Å². The van der Waals surface area contributed by atoms with Gasteiger partial charge in [0.1, 0.15) is 6.34 Å². The van der Waals surface area contributed by atoms with E-state index in [0.29, 0.717) is 0 Å². The van der Waals surface area contributed by atoms with Crippen LogP contribution in [0.2, 0.25) is 0 Å². The number of nitrogens with one attached hydrogen (secondary N) is 1. The summed E-state index contributed by atoms with van der Waals surface area (Å²) in [6, 6.07) is 0. The minimum Gasteiger partial charge on any atom is -0.296 e. The predicted octanol–water partition coefficient (Wildman–Crippen LogP) is -0.0641. The number of hydrogen-bond acceptors (Lipinski definition) is 3. The molecule has 38 valence electrons. The largest absolute Gasteiger partial charge is 0.296 e. The zero-order valence-electron chi connectivity index (χ0n) is 6.63. The van der Waals surface area contributed by atoms with E-state index < -0.39 is 6.98 Å². The summed E-state index contributed by atoms with van der Waals surface area (Å²) in [5.41, 5.74) is 2.45. The Kier molecular flexibility index (Phi) is 0.435. The molecule has 0 aromatic carbocycles. The second-order valence-electron chi connectivity index (χ2n) is 1.08. The van der Waals surface area contributed by atoms with Crippen LogP contribution < -0.4 is 5.43 Å². The first kappa shape index (κ1) is 1.86. The molecule has 0 atom stereocenters. The molecule has 1 N–H and O–H groups in total. The van der Waals surface area contributed by atoms with Crippen LogP contribution in [-0.2, 0) is 0 Å². The second kappa shape index (κ2) is 1.64. The van der Waals surface area contributed by atoms with Crippen molar-refractivity contribution in [2.24, 2.45) is 4.99 Å². The Morgan fingerprint density at radius 1 is 2.00 bits per heavy atom. The maximum absolute atomic E-state index is 6.91. The number of rotatable bonds is 0. The Hall–Kier alpha value is -0.990. The molecule has 0 aromatic heterocycles. The molecule has 0 aliphatic carbocycles. The summed E-state index contributed by atoms with van der Waals surface area (Å²) >= 11 is 0. The SMILES string of the molecule is [2H]C([2H])([2H])N1C=CN=CN1. The standard InChI is InChI=1S/C4H7N3/c1-7-3-2-5-4-6-7/h2-4H,1H3,(H,5,6)/i1D3. The van der Waals surface area contributed by atoms with Crippen LogP contribution in [0, 0.1) is 0 Å². The van der Waals surface area contributed by atoms with E-state index in [1.165, 1.54) is 18.7 Å². The highest BCUT2D eigenvalue weighted by molar-refractivity contribution is 5.55. The van der Waals surface area contributed by atoms with Gasteiger partial charge in [-0.2, -0.15) is 0 Å². The summed E-state index contributed by atoms with van der Waals surface area (Å²) < 4.78 is 20.7. The molecule has 0 bridgehead atoms. The van der Waals surface area contributed by atoms with Crippen molar-refractivity contribution in [2.45, 2.75) is 0 Å². The molecule has 0 unspecified atom stereocenters. The first-order chi connectivity index (χ1) is 4.61. The minimum absolute atomic E-state index is 1.00. The maximum Gasteiger partial charge on any atom is 0.107 e. The fourth-order valence-corrected chi connectivity index (χ4v) is 0.287. The molecule has 0 spiro atoms. The van der Waals surface area contributed by atoms with Crippen LogP contribution in [0.4, 0.5) is 0 Å². The average molecular weight is 100 g/mol. The first-order valence-electron chi connectivity index (χ1n) is 3.34. The Morgan fingerprint density at radius 2 is 3.00 bits per heavy atom. The number of nitrogens with zero attached hydrogens (tertiary/aromatic N) is 2. The van der Waals surface area contributed by atoms with Crippen molar-refractivity contribution in [1.29, 1.82) is 0 Å². The lowest BCUT2D eigenvalue weighted by molar-refractivity contribution is 0.408. The number of hydrogen-bond donors (Lipinski definition) is 1. The lowest BCUT2D eigenvalue weighted by Gasteiger charge is -2.13. The van der Waals surface area contributed by atoms with Crippen molar-refractivity contribution < 1.29 is 4.11 Å². The molecule has 0 aromatic rings. The topological polar surface area (TPSA) is 27.6 Å². The van der Waals surface area contributed by atoms with Gasteiger partial charge in [0, 0.05) is 23.5 Å². The molecule has 0 fully saturated rings. The molecule has 3 nitrogen and oxygen atoms in total. The van der Waals surface area contributed by atoms with Gasteiger partial charge in [0.15, 0.2) is 0 Å². The van der Waals surface area contributed by atoms with E-state index in [1.807, 2.05) is 0 Å². The summed E-state index contributed by atoms with van der Waals surface area (Å²) in [4.78, 5) is 3.63. The van der Waals surface area contributed by atoms with Gasteiger partial charge >= 0.3 is 0 Å². The third-order valence-corrected chi connectivity index (χ3v) is 0.573. The van der Waals surface area contributed by atoms with Gasteiger partial charge < -0.3 is 0 Å². The fourth-order valence-electron chi connectivity index (χ4n) is 0.287. The van der Waals surface area contributed by atoms with Gasteiger partial charge in [-0.25, -0.2) is 4.99 Å². The third kappa shape index (κ3) is 0.924. The van der Waals surface area contributed by atoms with E-state index in [1.54, 1.807) is 0 Å². The van der Waals surface area contributed by atoms with E-state index in [0.717, 1.165) is 5.01 Å². The summed E-state index contributed by atoms with van der Waals surface area (Å²) in [5.74, 6) is 0. The van der Waals surface area contributed by atoms with E-state index >= 15 is 0 Å². The molecule has 7 heavy (non-hydrogen) atoms. The minimum atomic E-state index is -2.14. The summed E-state index contributed by atoms with van der Waals surface area (Å²) in [6.07, 6.45) is 4.07. The highest BCUT2D eigenvalue weighted by Crippen LogP contribution is 1.81. The molecule has 0 radical (unpaired) electrons. The quantitative estimate of drug-likeness (QED) is 0.461. The van der Waals surface area contributed by atoms with Crippen LogP contribution in [0.15, 0.2) is 17.4 Å². The predicted molar refractivity (Wildman–Crippen MR) is 28.5 cm³/mol. The van der Waals surface area contributed by atoms with Crippen molar-refractivity contribution >= 4 is 6.34 Å². The van der Waals surface area contributed by atoms with Gasteiger partial charge in [0.2, 0.25) is 0 Å². The van der Waals surface area contributed by atoms with Gasteiger partial charge in [-0.1, -0.05) is 0 Å². The summed E-state index contributed by atoms with van der Waals surface area (Å²) in [6.45, 7) is -2.14. The zero-order valence-corrected chi connectivity index (χ0v) is 3.63. The average Bonchev–Trinajstić information content (AvgIpc) is 1.88. The van der Waals surface area contributed by atoms with Crippen LogP contribution in [0.5, 0.6) is 0 Å². The van der Waals surface area contributed by atoms with E-state index in [-0.39, 0.29) is 0 Å². The van der Waals surface area contributed by atoms with Gasteiger partial charge in [-0.05, 0) is 0 Å². The summed E-state index contributed by atoms with van der Waals surface area (Å²) in [5, 5.41) is 1.00. The van der Waals surface area contributed by atoms with E-state index in [4.69, 9.17) is 4.11 Å². The van der Waals surface area contributed by atoms with Crippen molar-refractivity contribution in [2.75, 3.05) is 6.98 Å². The van der Waals surface area contributed by atoms with Crippen LogP contribution in [0.1, 0.15) is 4.11 Å². The Morgan fingerprint density at radius 3 is 3.43 bits per heavy atom. The molecular weight excluding hydrogens is 90.1 g/mol. The van der Waals surface area contributed by atoms with Crippen molar-refractivity contribution in [3.05, 3.63) is 12.4 Å². The normalized spacial score (nSPS) is 25.1. The molecule has 0 saturated carbocycles. The van der Waals surface area contributed by atoms with Crippen LogP contribution in [-0.4, -0.2) is 18.3 Å².